The molecule has 194 valence electrons. The molecule has 1 N–H and O–H groups in total. The highest BCUT2D eigenvalue weighted by Gasteiger charge is 2.30. The van der Waals surface area contributed by atoms with E-state index in [0.29, 0.717) is 27.1 Å². The zero-order valence-corrected chi connectivity index (χ0v) is 21.8. The van der Waals surface area contributed by atoms with Gasteiger partial charge in [-0.25, -0.2) is 4.99 Å². The fraction of sp³-hybridized carbons (Fsp3) is 0.207. The Balaban J connectivity index is 1.26. The van der Waals surface area contributed by atoms with Crippen LogP contribution in [0.15, 0.2) is 88.8 Å². The second kappa shape index (κ2) is 12.0. The van der Waals surface area contributed by atoms with Crippen molar-refractivity contribution in [2.24, 2.45) is 4.99 Å². The molecule has 2 aliphatic rings. The lowest BCUT2D eigenvalue weighted by Gasteiger charge is -2.28. The normalized spacial score (nSPS) is 17.8. The summed E-state index contributed by atoms with van der Waals surface area (Å²) in [5.74, 6) is 0.109. The first-order chi connectivity index (χ1) is 18.6. The van der Waals surface area contributed by atoms with Gasteiger partial charge in [0.1, 0.15) is 5.75 Å². The predicted molar refractivity (Wildman–Crippen MR) is 152 cm³/mol. The number of amides is 2. The van der Waals surface area contributed by atoms with E-state index in [1.54, 1.807) is 24.1 Å². The number of thioether (sulfide) groups is 1. The molecule has 8 nitrogen and oxygen atoms in total. The van der Waals surface area contributed by atoms with Gasteiger partial charge in [-0.05, 0) is 60.3 Å². The van der Waals surface area contributed by atoms with Crippen LogP contribution in [-0.4, -0.2) is 61.8 Å². The lowest BCUT2D eigenvalue weighted by Crippen LogP contribution is -2.36. The molecule has 38 heavy (non-hydrogen) atoms. The van der Waals surface area contributed by atoms with Crippen molar-refractivity contribution in [3.8, 4) is 5.75 Å². The number of hydrogen-bond donors (Lipinski definition) is 1. The topological polar surface area (TPSA) is 83.5 Å². The third kappa shape index (κ3) is 6.24. The summed E-state index contributed by atoms with van der Waals surface area (Å²) in [6.45, 7) is 3.06. The second-order valence-corrected chi connectivity index (χ2v) is 9.73. The molecule has 2 amide bonds. The number of benzene rings is 3. The van der Waals surface area contributed by atoms with Crippen LogP contribution >= 0.6 is 11.8 Å². The Bertz CT molecular complexity index is 1350. The number of amidine groups is 1. The summed E-state index contributed by atoms with van der Waals surface area (Å²) in [6, 6.07) is 24.5. The monoisotopic (exact) mass is 528 g/mol. The van der Waals surface area contributed by atoms with Gasteiger partial charge in [0, 0.05) is 37.1 Å². The summed E-state index contributed by atoms with van der Waals surface area (Å²) in [5, 5.41) is 3.40. The van der Waals surface area contributed by atoms with Gasteiger partial charge in [0.2, 0.25) is 0 Å². The summed E-state index contributed by atoms with van der Waals surface area (Å²) in [4.78, 5) is 34.4. The van der Waals surface area contributed by atoms with Crippen molar-refractivity contribution in [1.82, 2.24) is 4.90 Å². The molecule has 0 bridgehead atoms. The smallest absolute Gasteiger partial charge is 0.266 e. The Morgan fingerprint density at radius 1 is 1.03 bits per heavy atom. The van der Waals surface area contributed by atoms with E-state index in [0.717, 1.165) is 37.7 Å². The molecule has 3 aromatic carbocycles. The van der Waals surface area contributed by atoms with Crippen molar-refractivity contribution in [3.05, 3.63) is 89.3 Å². The largest absolute Gasteiger partial charge is 0.483 e. The van der Waals surface area contributed by atoms with Gasteiger partial charge in [-0.15, -0.1) is 0 Å². The molecular weight excluding hydrogens is 500 g/mol. The number of anilines is 2. The molecule has 0 aromatic heterocycles. The number of ether oxygens (including phenoxy) is 2. The number of para-hydroxylation sites is 2. The number of morpholine rings is 1. The van der Waals surface area contributed by atoms with E-state index in [9.17, 15) is 9.59 Å². The number of carbonyl (C=O) groups is 2. The van der Waals surface area contributed by atoms with Gasteiger partial charge in [-0.1, -0.05) is 36.4 Å². The van der Waals surface area contributed by atoms with E-state index in [1.165, 1.54) is 11.8 Å². The Labute approximate surface area is 225 Å². The highest BCUT2D eigenvalue weighted by atomic mass is 32.2. The molecule has 0 aliphatic carbocycles. The van der Waals surface area contributed by atoms with E-state index in [1.807, 2.05) is 72.8 Å². The average Bonchev–Trinajstić information content (AvgIpc) is 3.21. The minimum Gasteiger partial charge on any atom is -0.483 e. The van der Waals surface area contributed by atoms with Crippen LogP contribution < -0.4 is 15.0 Å². The van der Waals surface area contributed by atoms with Crippen LogP contribution in [-0.2, 0) is 14.3 Å². The third-order valence-electron chi connectivity index (χ3n) is 6.08. The van der Waals surface area contributed by atoms with Crippen molar-refractivity contribution in [2.45, 2.75) is 0 Å². The minimum absolute atomic E-state index is 0.143. The first-order valence-corrected chi connectivity index (χ1v) is 13.1. The molecule has 0 radical (unpaired) electrons. The van der Waals surface area contributed by atoms with Gasteiger partial charge in [0.15, 0.2) is 11.8 Å². The highest BCUT2D eigenvalue weighted by Crippen LogP contribution is 2.35. The van der Waals surface area contributed by atoms with Crippen LogP contribution in [0.1, 0.15) is 5.56 Å². The molecule has 0 saturated carbocycles. The number of nitrogens with zero attached hydrogens (tertiary/aromatic N) is 3. The number of nitrogens with one attached hydrogen (secondary N) is 1. The first-order valence-electron chi connectivity index (χ1n) is 12.3. The molecular formula is C29H28N4O4S. The third-order valence-corrected chi connectivity index (χ3v) is 7.14. The molecule has 0 atom stereocenters. The van der Waals surface area contributed by atoms with Crippen LogP contribution in [0.25, 0.3) is 6.08 Å². The number of likely N-dealkylation sites (N-methyl/N-ethyl adjacent to an activating group) is 1. The summed E-state index contributed by atoms with van der Waals surface area (Å²) in [7, 11) is 1.72. The second-order valence-electron chi connectivity index (χ2n) is 8.73. The Hall–Kier alpha value is -4.08. The Morgan fingerprint density at radius 3 is 2.50 bits per heavy atom. The zero-order chi connectivity index (χ0) is 26.3. The van der Waals surface area contributed by atoms with Gasteiger partial charge in [-0.3, -0.25) is 14.5 Å². The van der Waals surface area contributed by atoms with E-state index < -0.39 is 0 Å². The van der Waals surface area contributed by atoms with Crippen molar-refractivity contribution >= 4 is 51.9 Å². The number of rotatable bonds is 7. The van der Waals surface area contributed by atoms with Crippen molar-refractivity contribution < 1.29 is 19.1 Å². The standard InChI is InChI=1S/C29H28N4O4S/c1-32-28(35)26(38-29(32)31-23-11-13-24(14-12-23)33-15-17-36-18-16-33)19-21-7-5-6-10-25(21)37-20-27(34)30-22-8-3-2-4-9-22/h2-14,19H,15-18,20H2,1H3,(H,30,34)/b26-19-,31-29?. The average molecular weight is 529 g/mol. The maximum atomic E-state index is 13.0. The minimum atomic E-state index is -0.265. The number of carbonyl (C=O) groups excluding carboxylic acids is 2. The lowest BCUT2D eigenvalue weighted by molar-refractivity contribution is -0.121. The Morgan fingerprint density at radius 2 is 1.74 bits per heavy atom. The van der Waals surface area contributed by atoms with Crippen molar-refractivity contribution in [2.75, 3.05) is 50.2 Å². The molecule has 2 heterocycles. The predicted octanol–water partition coefficient (Wildman–Crippen LogP) is 4.77. The summed E-state index contributed by atoms with van der Waals surface area (Å²) in [5.41, 5.74) is 3.32. The quantitative estimate of drug-likeness (QED) is 0.445. The maximum absolute atomic E-state index is 13.0. The van der Waals surface area contributed by atoms with Crippen LogP contribution in [0.4, 0.5) is 17.1 Å². The maximum Gasteiger partial charge on any atom is 0.266 e. The van der Waals surface area contributed by atoms with Gasteiger partial charge < -0.3 is 19.7 Å². The van der Waals surface area contributed by atoms with Crippen LogP contribution in [0.3, 0.4) is 0 Å². The molecule has 0 unspecified atom stereocenters. The van der Waals surface area contributed by atoms with E-state index in [-0.39, 0.29) is 18.4 Å². The first kappa shape index (κ1) is 25.6. The van der Waals surface area contributed by atoms with Crippen molar-refractivity contribution in [3.63, 3.8) is 0 Å². The highest BCUT2D eigenvalue weighted by molar-refractivity contribution is 8.18. The number of hydrogen-bond acceptors (Lipinski definition) is 7. The zero-order valence-electron chi connectivity index (χ0n) is 21.0. The Kier molecular flexibility index (Phi) is 8.06. The molecule has 2 aliphatic heterocycles. The van der Waals surface area contributed by atoms with Crippen LogP contribution in [0.5, 0.6) is 5.75 Å². The van der Waals surface area contributed by atoms with Gasteiger partial charge in [0.05, 0.1) is 23.8 Å². The fourth-order valence-electron chi connectivity index (χ4n) is 4.06. The molecule has 2 saturated heterocycles. The molecule has 0 spiro atoms. The van der Waals surface area contributed by atoms with Crippen LogP contribution in [0.2, 0.25) is 0 Å². The molecule has 3 aromatic rings. The van der Waals surface area contributed by atoms with E-state index in [2.05, 4.69) is 10.2 Å². The van der Waals surface area contributed by atoms with Gasteiger partial charge in [0.25, 0.3) is 11.8 Å². The van der Waals surface area contributed by atoms with Gasteiger partial charge in [-0.2, -0.15) is 0 Å². The van der Waals surface area contributed by atoms with E-state index >= 15 is 0 Å². The van der Waals surface area contributed by atoms with Crippen molar-refractivity contribution in [1.29, 1.82) is 0 Å². The number of aliphatic imine (C=N–C) groups is 1. The summed E-state index contributed by atoms with van der Waals surface area (Å²) < 4.78 is 11.2. The summed E-state index contributed by atoms with van der Waals surface area (Å²) in [6.07, 6.45) is 1.78. The van der Waals surface area contributed by atoms with E-state index in [4.69, 9.17) is 14.5 Å². The lowest BCUT2D eigenvalue weighted by atomic mass is 10.2. The SMILES string of the molecule is CN1C(=O)/C(=C/c2ccccc2OCC(=O)Nc2ccccc2)SC1=Nc1ccc(N2CCOCC2)cc1. The molecule has 9 heteroatoms. The fourth-order valence-corrected chi connectivity index (χ4v) is 5.03. The molecule has 2 fully saturated rings. The summed E-state index contributed by atoms with van der Waals surface area (Å²) >= 11 is 1.31. The van der Waals surface area contributed by atoms with Gasteiger partial charge >= 0.3 is 0 Å². The van der Waals surface area contributed by atoms with Crippen LogP contribution in [0, 0.1) is 0 Å². The molecule has 5 rings (SSSR count).